The smallest absolute Gasteiger partial charge is 0.127 e. The largest absolute Gasteiger partial charge is 0.490 e. The molecule has 1 aromatic carbocycles. The Morgan fingerprint density at radius 1 is 1.47 bits per heavy atom. The zero-order chi connectivity index (χ0) is 11.4. The van der Waals surface area contributed by atoms with Crippen molar-refractivity contribution in [3.05, 3.63) is 27.7 Å². The van der Waals surface area contributed by atoms with Crippen LogP contribution >= 0.6 is 15.9 Å². The fraction of sp³-hybridized carbons (Fsp3) is 0.500. The van der Waals surface area contributed by atoms with Crippen LogP contribution in [0.15, 0.2) is 16.6 Å². The maximum Gasteiger partial charge on any atom is 0.127 e. The summed E-state index contributed by atoms with van der Waals surface area (Å²) < 4.78 is 6.92. The number of aryl methyl sites for hydroxylation is 1. The van der Waals surface area contributed by atoms with Gasteiger partial charge in [0.15, 0.2) is 0 Å². The SMILES string of the molecule is CCC(C)Oc1c(C)cc(Br)cc1CN. The van der Waals surface area contributed by atoms with Crippen molar-refractivity contribution in [2.75, 3.05) is 0 Å². The van der Waals surface area contributed by atoms with E-state index in [1.165, 1.54) is 0 Å². The van der Waals surface area contributed by atoms with Gasteiger partial charge < -0.3 is 10.5 Å². The fourth-order valence-electron chi connectivity index (χ4n) is 1.40. The Kier molecular flexibility index (Phi) is 4.61. The third-order valence-corrected chi connectivity index (χ3v) is 2.89. The maximum absolute atomic E-state index is 5.87. The standard InChI is InChI=1S/C12H18BrNO/c1-4-9(3)15-12-8(2)5-11(13)6-10(12)7-14/h5-6,9H,4,7,14H2,1-3H3. The predicted molar refractivity (Wildman–Crippen MR) is 67.2 cm³/mol. The van der Waals surface area contributed by atoms with Gasteiger partial charge in [-0.2, -0.15) is 0 Å². The molecule has 0 spiro atoms. The first-order valence-electron chi connectivity index (χ1n) is 5.24. The van der Waals surface area contributed by atoms with Crippen molar-refractivity contribution in [3.63, 3.8) is 0 Å². The highest BCUT2D eigenvalue weighted by atomic mass is 79.9. The summed E-state index contributed by atoms with van der Waals surface area (Å²) in [6.07, 6.45) is 1.23. The summed E-state index contributed by atoms with van der Waals surface area (Å²) in [5.41, 5.74) is 7.89. The Morgan fingerprint density at radius 2 is 2.13 bits per heavy atom. The molecule has 0 heterocycles. The molecule has 1 unspecified atom stereocenters. The van der Waals surface area contributed by atoms with Crippen LogP contribution in [0.2, 0.25) is 0 Å². The highest BCUT2D eigenvalue weighted by Gasteiger charge is 2.10. The molecule has 0 aliphatic carbocycles. The molecule has 2 N–H and O–H groups in total. The van der Waals surface area contributed by atoms with Crippen molar-refractivity contribution in [2.24, 2.45) is 5.73 Å². The Bertz CT molecular complexity index is 339. The second-order valence-corrected chi connectivity index (χ2v) is 4.67. The molecule has 0 saturated carbocycles. The molecule has 3 heteroatoms. The molecule has 15 heavy (non-hydrogen) atoms. The van der Waals surface area contributed by atoms with Gasteiger partial charge in [-0.25, -0.2) is 0 Å². The van der Waals surface area contributed by atoms with E-state index in [2.05, 4.69) is 35.8 Å². The molecule has 1 aromatic rings. The van der Waals surface area contributed by atoms with E-state index < -0.39 is 0 Å². The van der Waals surface area contributed by atoms with Crippen molar-refractivity contribution >= 4 is 15.9 Å². The normalized spacial score (nSPS) is 12.6. The van der Waals surface area contributed by atoms with Crippen molar-refractivity contribution in [3.8, 4) is 5.75 Å². The molecule has 0 aromatic heterocycles. The predicted octanol–water partition coefficient (Wildman–Crippen LogP) is 3.39. The molecular weight excluding hydrogens is 254 g/mol. The van der Waals surface area contributed by atoms with Gasteiger partial charge in [-0.05, 0) is 38.0 Å². The molecule has 2 nitrogen and oxygen atoms in total. The third-order valence-electron chi connectivity index (χ3n) is 2.43. The number of halogens is 1. The van der Waals surface area contributed by atoms with Crippen molar-refractivity contribution in [2.45, 2.75) is 39.8 Å². The second-order valence-electron chi connectivity index (χ2n) is 3.75. The molecule has 0 fully saturated rings. The van der Waals surface area contributed by atoms with E-state index >= 15 is 0 Å². The van der Waals surface area contributed by atoms with E-state index in [0.29, 0.717) is 6.54 Å². The number of benzene rings is 1. The average molecular weight is 272 g/mol. The summed E-state index contributed by atoms with van der Waals surface area (Å²) in [7, 11) is 0. The van der Waals surface area contributed by atoms with Crippen LogP contribution in [0, 0.1) is 6.92 Å². The molecule has 0 saturated heterocycles. The van der Waals surface area contributed by atoms with E-state index in [1.54, 1.807) is 0 Å². The molecule has 1 rings (SSSR count). The number of hydrogen-bond acceptors (Lipinski definition) is 2. The van der Waals surface area contributed by atoms with Gasteiger partial charge in [0, 0.05) is 16.6 Å². The first-order chi connectivity index (χ1) is 7.08. The van der Waals surface area contributed by atoms with Gasteiger partial charge in [-0.3, -0.25) is 0 Å². The average Bonchev–Trinajstić information content (AvgIpc) is 2.21. The summed E-state index contributed by atoms with van der Waals surface area (Å²) in [6.45, 7) is 6.73. The lowest BCUT2D eigenvalue weighted by molar-refractivity contribution is 0.214. The Hall–Kier alpha value is -0.540. The topological polar surface area (TPSA) is 35.2 Å². The van der Waals surface area contributed by atoms with Gasteiger partial charge in [-0.15, -0.1) is 0 Å². The van der Waals surface area contributed by atoms with Crippen molar-refractivity contribution < 1.29 is 4.74 Å². The van der Waals surface area contributed by atoms with Gasteiger partial charge in [0.05, 0.1) is 6.10 Å². The van der Waals surface area contributed by atoms with Crippen molar-refractivity contribution in [1.82, 2.24) is 0 Å². The van der Waals surface area contributed by atoms with Crippen LogP contribution < -0.4 is 10.5 Å². The van der Waals surface area contributed by atoms with Crippen molar-refractivity contribution in [1.29, 1.82) is 0 Å². The van der Waals surface area contributed by atoms with Gasteiger partial charge >= 0.3 is 0 Å². The zero-order valence-corrected chi connectivity index (χ0v) is 11.1. The van der Waals surface area contributed by atoms with E-state index in [9.17, 15) is 0 Å². The van der Waals surface area contributed by atoms with Crippen LogP contribution in [0.25, 0.3) is 0 Å². The van der Waals surface area contributed by atoms with Gasteiger partial charge in [0.1, 0.15) is 5.75 Å². The van der Waals surface area contributed by atoms with Crippen LogP contribution in [-0.4, -0.2) is 6.10 Å². The minimum Gasteiger partial charge on any atom is -0.490 e. The Morgan fingerprint density at radius 3 is 2.67 bits per heavy atom. The van der Waals surface area contributed by atoms with Crippen LogP contribution in [0.3, 0.4) is 0 Å². The third kappa shape index (κ3) is 3.21. The molecule has 0 radical (unpaired) electrons. The van der Waals surface area contributed by atoms with Crippen LogP contribution in [0.5, 0.6) is 5.75 Å². The highest BCUT2D eigenvalue weighted by molar-refractivity contribution is 9.10. The summed E-state index contributed by atoms with van der Waals surface area (Å²) >= 11 is 3.46. The van der Waals surface area contributed by atoms with E-state index in [0.717, 1.165) is 27.8 Å². The maximum atomic E-state index is 5.87. The van der Waals surface area contributed by atoms with Crippen LogP contribution in [-0.2, 0) is 6.54 Å². The van der Waals surface area contributed by atoms with E-state index in [1.807, 2.05) is 13.0 Å². The molecule has 0 amide bonds. The quantitative estimate of drug-likeness (QED) is 0.911. The second kappa shape index (κ2) is 5.52. The Labute approximate surface area is 99.9 Å². The highest BCUT2D eigenvalue weighted by Crippen LogP contribution is 2.28. The Balaban J connectivity index is 3.04. The van der Waals surface area contributed by atoms with E-state index in [-0.39, 0.29) is 6.10 Å². The molecule has 1 atom stereocenters. The number of ether oxygens (including phenoxy) is 1. The number of hydrogen-bond donors (Lipinski definition) is 1. The molecule has 0 aliphatic rings. The molecule has 84 valence electrons. The lowest BCUT2D eigenvalue weighted by Gasteiger charge is -2.18. The number of rotatable bonds is 4. The molecule has 0 bridgehead atoms. The summed E-state index contributed by atoms with van der Waals surface area (Å²) in [4.78, 5) is 0. The van der Waals surface area contributed by atoms with Gasteiger partial charge in [0.25, 0.3) is 0 Å². The lowest BCUT2D eigenvalue weighted by atomic mass is 10.1. The fourth-order valence-corrected chi connectivity index (χ4v) is 2.02. The van der Waals surface area contributed by atoms with Crippen LogP contribution in [0.1, 0.15) is 31.4 Å². The lowest BCUT2D eigenvalue weighted by Crippen LogP contribution is -2.13. The number of nitrogens with two attached hydrogens (primary N) is 1. The first-order valence-corrected chi connectivity index (χ1v) is 6.03. The first kappa shape index (κ1) is 12.5. The van der Waals surface area contributed by atoms with Gasteiger partial charge in [0.2, 0.25) is 0 Å². The van der Waals surface area contributed by atoms with E-state index in [4.69, 9.17) is 10.5 Å². The van der Waals surface area contributed by atoms with Crippen LogP contribution in [0.4, 0.5) is 0 Å². The molecular formula is C12H18BrNO. The minimum atomic E-state index is 0.232. The summed E-state index contributed by atoms with van der Waals surface area (Å²) in [5, 5.41) is 0. The summed E-state index contributed by atoms with van der Waals surface area (Å²) in [5.74, 6) is 0.940. The monoisotopic (exact) mass is 271 g/mol. The minimum absolute atomic E-state index is 0.232. The zero-order valence-electron chi connectivity index (χ0n) is 9.51. The summed E-state index contributed by atoms with van der Waals surface area (Å²) in [6, 6.07) is 4.07. The molecule has 0 aliphatic heterocycles. The van der Waals surface area contributed by atoms with Gasteiger partial charge in [-0.1, -0.05) is 22.9 Å².